The summed E-state index contributed by atoms with van der Waals surface area (Å²) in [5.74, 6) is 4.13. The zero-order valence-electron chi connectivity index (χ0n) is 10.4. The Morgan fingerprint density at radius 2 is 1.38 bits per heavy atom. The summed E-state index contributed by atoms with van der Waals surface area (Å²) in [4.78, 5) is 0. The van der Waals surface area contributed by atoms with E-state index in [1.807, 2.05) is 0 Å². The minimum atomic E-state index is 0. The van der Waals surface area contributed by atoms with Crippen LogP contribution in [0.3, 0.4) is 0 Å². The van der Waals surface area contributed by atoms with Gasteiger partial charge in [-0.15, -0.1) is 12.4 Å². The minimum absolute atomic E-state index is 0. The Balaban J connectivity index is 0.000000963. The molecule has 0 heterocycles. The molecule has 4 bridgehead atoms. The highest BCUT2D eigenvalue weighted by atomic mass is 35.5. The first-order valence-corrected chi connectivity index (χ1v) is 6.73. The molecule has 94 valence electrons. The van der Waals surface area contributed by atoms with E-state index in [1.54, 1.807) is 6.42 Å². The average molecular weight is 245 g/mol. The molecule has 4 rings (SSSR count). The Labute approximate surface area is 105 Å². The summed E-state index contributed by atoms with van der Waals surface area (Å²) >= 11 is 0. The first-order valence-electron chi connectivity index (χ1n) is 6.73. The summed E-state index contributed by atoms with van der Waals surface area (Å²) in [5, 5.41) is 0. The van der Waals surface area contributed by atoms with Crippen LogP contribution in [0.1, 0.15) is 46.0 Å². The van der Waals surface area contributed by atoms with E-state index in [0.717, 1.165) is 29.7 Å². The van der Waals surface area contributed by atoms with Crippen molar-refractivity contribution in [1.82, 2.24) is 10.9 Å². The highest BCUT2D eigenvalue weighted by Gasteiger charge is 2.47. The fraction of sp³-hybridized carbons (Fsp3) is 1.00. The maximum atomic E-state index is 3.61. The van der Waals surface area contributed by atoms with Crippen LogP contribution in [0.25, 0.3) is 0 Å². The van der Waals surface area contributed by atoms with Crippen molar-refractivity contribution >= 4 is 12.4 Å². The lowest BCUT2D eigenvalue weighted by Gasteiger charge is -2.54. The van der Waals surface area contributed by atoms with Crippen molar-refractivity contribution in [3.8, 4) is 0 Å². The second-order valence-electron chi connectivity index (χ2n) is 6.40. The second kappa shape index (κ2) is 4.83. The van der Waals surface area contributed by atoms with E-state index < -0.39 is 0 Å². The van der Waals surface area contributed by atoms with Crippen LogP contribution in [0.4, 0.5) is 0 Å². The monoisotopic (exact) mass is 244 g/mol. The van der Waals surface area contributed by atoms with E-state index in [9.17, 15) is 0 Å². The zero-order chi connectivity index (χ0) is 10.4. The van der Waals surface area contributed by atoms with Crippen molar-refractivity contribution < 1.29 is 0 Å². The molecule has 4 saturated carbocycles. The standard InChI is InChI=1S/C13H24N2.ClH/c1-8(2)14-15-13-11-4-9-3-10(6-11)7-12(13)5-9;/h8-15H,3-7H2,1-2H3;1H. The van der Waals surface area contributed by atoms with Gasteiger partial charge < -0.3 is 0 Å². The van der Waals surface area contributed by atoms with Gasteiger partial charge in [0.05, 0.1) is 0 Å². The smallest absolute Gasteiger partial charge is 0.0269 e. The number of hydrazine groups is 1. The molecule has 0 aromatic rings. The van der Waals surface area contributed by atoms with Gasteiger partial charge in [0.15, 0.2) is 0 Å². The normalized spacial score (nSPS) is 44.8. The average Bonchev–Trinajstić information content (AvgIpc) is 2.14. The molecule has 4 fully saturated rings. The quantitative estimate of drug-likeness (QED) is 0.746. The molecule has 4 aliphatic carbocycles. The summed E-state index contributed by atoms with van der Waals surface area (Å²) in [6.45, 7) is 4.42. The molecule has 2 N–H and O–H groups in total. The van der Waals surface area contributed by atoms with Crippen molar-refractivity contribution in [2.75, 3.05) is 0 Å². The molecule has 0 aromatic carbocycles. The predicted octanol–water partition coefficient (Wildman–Crippen LogP) is 2.74. The fourth-order valence-corrected chi connectivity index (χ4v) is 4.42. The van der Waals surface area contributed by atoms with Crippen molar-refractivity contribution in [2.24, 2.45) is 23.7 Å². The van der Waals surface area contributed by atoms with Crippen LogP contribution in [-0.4, -0.2) is 12.1 Å². The van der Waals surface area contributed by atoms with E-state index in [4.69, 9.17) is 0 Å². The van der Waals surface area contributed by atoms with Gasteiger partial charge in [-0.05, 0) is 69.6 Å². The van der Waals surface area contributed by atoms with Crippen LogP contribution in [0.2, 0.25) is 0 Å². The molecule has 0 unspecified atom stereocenters. The van der Waals surface area contributed by atoms with Gasteiger partial charge in [0.1, 0.15) is 0 Å². The van der Waals surface area contributed by atoms with Crippen LogP contribution in [0, 0.1) is 23.7 Å². The summed E-state index contributed by atoms with van der Waals surface area (Å²) in [6.07, 6.45) is 7.57. The van der Waals surface area contributed by atoms with Gasteiger partial charge in [-0.1, -0.05) is 0 Å². The van der Waals surface area contributed by atoms with Gasteiger partial charge in [0.2, 0.25) is 0 Å². The lowest BCUT2D eigenvalue weighted by Crippen LogP contribution is -2.58. The van der Waals surface area contributed by atoms with Gasteiger partial charge in [-0.25, -0.2) is 0 Å². The largest absolute Gasteiger partial charge is 0.255 e. The summed E-state index contributed by atoms with van der Waals surface area (Å²) in [7, 11) is 0. The maximum Gasteiger partial charge on any atom is 0.0269 e. The summed E-state index contributed by atoms with van der Waals surface area (Å²) in [5.41, 5.74) is 7.04. The Kier molecular flexibility index (Phi) is 3.82. The van der Waals surface area contributed by atoms with Crippen molar-refractivity contribution in [1.29, 1.82) is 0 Å². The molecule has 3 heteroatoms. The third-order valence-corrected chi connectivity index (χ3v) is 4.77. The van der Waals surface area contributed by atoms with Crippen LogP contribution < -0.4 is 10.9 Å². The first-order chi connectivity index (χ1) is 7.22. The van der Waals surface area contributed by atoms with Crippen LogP contribution in [0.5, 0.6) is 0 Å². The summed E-state index contributed by atoms with van der Waals surface area (Å²) < 4.78 is 0. The number of rotatable bonds is 3. The van der Waals surface area contributed by atoms with E-state index >= 15 is 0 Å². The Bertz CT molecular complexity index is 214. The molecule has 0 aliphatic heterocycles. The molecule has 0 aromatic heterocycles. The number of halogens is 1. The summed E-state index contributed by atoms with van der Waals surface area (Å²) in [6, 6.07) is 1.34. The first kappa shape index (κ1) is 12.7. The molecule has 4 aliphatic rings. The predicted molar refractivity (Wildman–Crippen MR) is 69.5 cm³/mol. The molecule has 0 amide bonds. The molecule has 16 heavy (non-hydrogen) atoms. The second-order valence-corrected chi connectivity index (χ2v) is 6.40. The highest BCUT2D eigenvalue weighted by molar-refractivity contribution is 5.85. The minimum Gasteiger partial charge on any atom is -0.255 e. The molecule has 0 radical (unpaired) electrons. The van der Waals surface area contributed by atoms with Gasteiger partial charge in [-0.3, -0.25) is 10.9 Å². The van der Waals surface area contributed by atoms with E-state index in [2.05, 4.69) is 24.7 Å². The Morgan fingerprint density at radius 3 is 1.81 bits per heavy atom. The molecule has 2 nitrogen and oxygen atoms in total. The molecule has 0 saturated heterocycles. The zero-order valence-corrected chi connectivity index (χ0v) is 11.2. The topological polar surface area (TPSA) is 24.1 Å². The van der Waals surface area contributed by atoms with Crippen LogP contribution in [0.15, 0.2) is 0 Å². The lowest BCUT2D eigenvalue weighted by atomic mass is 9.54. The number of nitrogens with one attached hydrogen (secondary N) is 2. The van der Waals surface area contributed by atoms with Crippen molar-refractivity contribution in [3.63, 3.8) is 0 Å². The third kappa shape index (κ3) is 2.25. The molecule has 0 atom stereocenters. The molecular formula is C13H25ClN2. The van der Waals surface area contributed by atoms with E-state index in [-0.39, 0.29) is 12.4 Å². The van der Waals surface area contributed by atoms with E-state index in [1.165, 1.54) is 25.7 Å². The fourth-order valence-electron chi connectivity index (χ4n) is 4.42. The number of hydrogen-bond donors (Lipinski definition) is 2. The van der Waals surface area contributed by atoms with Gasteiger partial charge >= 0.3 is 0 Å². The van der Waals surface area contributed by atoms with Gasteiger partial charge in [-0.2, -0.15) is 0 Å². The third-order valence-electron chi connectivity index (χ3n) is 4.77. The SMILES string of the molecule is CC(C)NNC1C2CC3CC(C2)CC1C3.Cl. The van der Waals surface area contributed by atoms with Crippen LogP contribution >= 0.6 is 12.4 Å². The van der Waals surface area contributed by atoms with E-state index in [0.29, 0.717) is 6.04 Å². The Morgan fingerprint density at radius 1 is 0.875 bits per heavy atom. The number of hydrogen-bond acceptors (Lipinski definition) is 2. The van der Waals surface area contributed by atoms with Gasteiger partial charge in [0.25, 0.3) is 0 Å². The highest BCUT2D eigenvalue weighted by Crippen LogP contribution is 2.53. The maximum absolute atomic E-state index is 3.61. The van der Waals surface area contributed by atoms with Crippen molar-refractivity contribution in [3.05, 3.63) is 0 Å². The van der Waals surface area contributed by atoms with Gasteiger partial charge in [0, 0.05) is 12.1 Å². The van der Waals surface area contributed by atoms with Crippen LogP contribution in [-0.2, 0) is 0 Å². The van der Waals surface area contributed by atoms with Crippen molar-refractivity contribution in [2.45, 2.75) is 58.0 Å². The molecular weight excluding hydrogens is 220 g/mol. The molecule has 0 spiro atoms. The Hall–Kier alpha value is 0.210. The lowest BCUT2D eigenvalue weighted by molar-refractivity contribution is -0.0197.